The van der Waals surface area contributed by atoms with Crippen LogP contribution in [0.25, 0.3) is 0 Å². The number of aliphatic hydroxyl groups is 1. The third-order valence-electron chi connectivity index (χ3n) is 3.08. The second-order valence-corrected chi connectivity index (χ2v) is 6.53. The highest BCUT2D eigenvalue weighted by atomic mass is 35.5. The van der Waals surface area contributed by atoms with Gasteiger partial charge in [0, 0.05) is 34.2 Å². The molecule has 0 aliphatic heterocycles. The third-order valence-corrected chi connectivity index (χ3v) is 4.41. The van der Waals surface area contributed by atoms with Gasteiger partial charge < -0.3 is 10.4 Å². The molecule has 0 fully saturated rings. The van der Waals surface area contributed by atoms with Gasteiger partial charge in [0.15, 0.2) is 0 Å². The van der Waals surface area contributed by atoms with Crippen LogP contribution in [0.3, 0.4) is 0 Å². The first kappa shape index (κ1) is 17.6. The number of alkyl halides is 1. The van der Waals surface area contributed by atoms with E-state index >= 15 is 0 Å². The van der Waals surface area contributed by atoms with Crippen molar-refractivity contribution in [3.63, 3.8) is 0 Å². The molecule has 0 spiro atoms. The molecule has 2 rings (SSSR count). The number of halogens is 1. The molecule has 0 aromatic heterocycles. The SMILES string of the molecule is Cc1ccc(Sc2cc(NCC(O)CCl)cc([N+](=O)[O-])c2)cc1. The predicted molar refractivity (Wildman–Crippen MR) is 93.6 cm³/mol. The molecule has 0 saturated heterocycles. The maximum Gasteiger partial charge on any atom is 0.272 e. The van der Waals surface area contributed by atoms with Crippen molar-refractivity contribution < 1.29 is 10.0 Å². The lowest BCUT2D eigenvalue weighted by Gasteiger charge is -2.11. The predicted octanol–water partition coefficient (Wildman–Crippen LogP) is 4.07. The number of aliphatic hydroxyl groups excluding tert-OH is 1. The van der Waals surface area contributed by atoms with Gasteiger partial charge in [0.05, 0.1) is 16.9 Å². The van der Waals surface area contributed by atoms with E-state index < -0.39 is 11.0 Å². The number of nitro benzene ring substituents is 1. The summed E-state index contributed by atoms with van der Waals surface area (Å²) in [4.78, 5) is 12.4. The molecule has 1 atom stereocenters. The van der Waals surface area contributed by atoms with Crippen LogP contribution in [0.15, 0.2) is 52.3 Å². The summed E-state index contributed by atoms with van der Waals surface area (Å²) >= 11 is 7.00. The molecule has 0 heterocycles. The van der Waals surface area contributed by atoms with Gasteiger partial charge in [-0.05, 0) is 25.1 Å². The number of rotatable bonds is 7. The molecule has 23 heavy (non-hydrogen) atoms. The summed E-state index contributed by atoms with van der Waals surface area (Å²) in [5.74, 6) is 0.104. The highest BCUT2D eigenvalue weighted by Gasteiger charge is 2.12. The lowest BCUT2D eigenvalue weighted by Crippen LogP contribution is -2.20. The molecule has 2 aromatic rings. The lowest BCUT2D eigenvalue weighted by atomic mass is 10.2. The van der Waals surface area contributed by atoms with Crippen molar-refractivity contribution in [2.45, 2.75) is 22.8 Å². The van der Waals surface area contributed by atoms with Crippen molar-refractivity contribution in [2.24, 2.45) is 0 Å². The van der Waals surface area contributed by atoms with Gasteiger partial charge in [0.25, 0.3) is 5.69 Å². The summed E-state index contributed by atoms with van der Waals surface area (Å²) in [6.45, 7) is 2.24. The Morgan fingerprint density at radius 3 is 2.57 bits per heavy atom. The fraction of sp³-hybridized carbons (Fsp3) is 0.250. The van der Waals surface area contributed by atoms with Gasteiger partial charge in [-0.2, -0.15) is 0 Å². The molecular weight excluding hydrogens is 336 g/mol. The van der Waals surface area contributed by atoms with E-state index in [0.29, 0.717) is 5.69 Å². The molecule has 5 nitrogen and oxygen atoms in total. The second-order valence-electron chi connectivity index (χ2n) is 5.08. The van der Waals surface area contributed by atoms with Gasteiger partial charge in [-0.25, -0.2) is 0 Å². The van der Waals surface area contributed by atoms with Crippen LogP contribution in [-0.2, 0) is 0 Å². The maximum atomic E-state index is 11.1. The van der Waals surface area contributed by atoms with Crippen molar-refractivity contribution in [1.82, 2.24) is 0 Å². The Hall–Kier alpha value is -1.76. The number of hydrogen-bond acceptors (Lipinski definition) is 5. The van der Waals surface area contributed by atoms with Crippen LogP contribution in [0.1, 0.15) is 5.56 Å². The highest BCUT2D eigenvalue weighted by Crippen LogP contribution is 2.33. The first-order valence-electron chi connectivity index (χ1n) is 7.00. The molecule has 0 saturated carbocycles. The quantitative estimate of drug-likeness (QED) is 0.446. The molecule has 0 amide bonds. The standard InChI is InChI=1S/C16H17ClN2O3S/c1-11-2-4-15(5-3-11)23-16-7-12(18-10-14(20)9-17)6-13(8-16)19(21)22/h2-8,14,18,20H,9-10H2,1H3. The lowest BCUT2D eigenvalue weighted by molar-refractivity contribution is -0.385. The smallest absolute Gasteiger partial charge is 0.272 e. The number of nitrogens with one attached hydrogen (secondary N) is 1. The Bertz CT molecular complexity index is 680. The first-order valence-corrected chi connectivity index (χ1v) is 8.35. The van der Waals surface area contributed by atoms with Crippen LogP contribution in [0.2, 0.25) is 0 Å². The molecule has 7 heteroatoms. The monoisotopic (exact) mass is 352 g/mol. The molecule has 2 N–H and O–H groups in total. The van der Waals surface area contributed by atoms with Crippen LogP contribution in [0, 0.1) is 17.0 Å². The fourth-order valence-corrected chi connectivity index (χ4v) is 2.90. The molecule has 0 radical (unpaired) electrons. The molecule has 122 valence electrons. The van der Waals surface area contributed by atoms with Crippen molar-refractivity contribution in [2.75, 3.05) is 17.7 Å². The number of nitrogens with zero attached hydrogens (tertiary/aromatic N) is 1. The van der Waals surface area contributed by atoms with Gasteiger partial charge in [-0.15, -0.1) is 11.6 Å². The number of non-ortho nitro benzene ring substituents is 1. The average molecular weight is 353 g/mol. The van der Waals surface area contributed by atoms with E-state index in [9.17, 15) is 15.2 Å². The summed E-state index contributed by atoms with van der Waals surface area (Å²) in [7, 11) is 0. The van der Waals surface area contributed by atoms with Gasteiger partial charge in [-0.1, -0.05) is 29.5 Å². The highest BCUT2D eigenvalue weighted by molar-refractivity contribution is 7.99. The van der Waals surface area contributed by atoms with Crippen molar-refractivity contribution in [3.05, 3.63) is 58.1 Å². The summed E-state index contributed by atoms with van der Waals surface area (Å²) in [5, 5.41) is 23.6. The van der Waals surface area contributed by atoms with Crippen molar-refractivity contribution in [3.8, 4) is 0 Å². The minimum atomic E-state index is -0.705. The van der Waals surface area contributed by atoms with Gasteiger partial charge >= 0.3 is 0 Å². The number of anilines is 1. The zero-order chi connectivity index (χ0) is 16.8. The molecule has 2 aromatic carbocycles. The Morgan fingerprint density at radius 1 is 1.26 bits per heavy atom. The summed E-state index contributed by atoms with van der Waals surface area (Å²) in [6, 6.07) is 12.7. The molecule has 0 bridgehead atoms. The van der Waals surface area contributed by atoms with Crippen molar-refractivity contribution in [1.29, 1.82) is 0 Å². The number of nitro groups is 1. The first-order chi connectivity index (χ1) is 11.0. The summed E-state index contributed by atoms with van der Waals surface area (Å²) < 4.78 is 0. The van der Waals surface area contributed by atoms with E-state index in [1.807, 2.05) is 37.3 Å². The van der Waals surface area contributed by atoms with Crippen LogP contribution < -0.4 is 5.32 Å². The summed E-state index contributed by atoms with van der Waals surface area (Å²) in [5.41, 5.74) is 1.74. The van der Waals surface area contributed by atoms with Crippen LogP contribution in [0.4, 0.5) is 11.4 Å². The fourth-order valence-electron chi connectivity index (χ4n) is 1.88. The minimum absolute atomic E-state index is 0.00461. The average Bonchev–Trinajstić information content (AvgIpc) is 2.54. The van der Waals surface area contributed by atoms with E-state index in [0.717, 1.165) is 15.4 Å². The second kappa shape index (κ2) is 8.19. The van der Waals surface area contributed by atoms with Gasteiger partial charge in [-0.3, -0.25) is 10.1 Å². The van der Waals surface area contributed by atoms with Gasteiger partial charge in [0.1, 0.15) is 0 Å². The Balaban J connectivity index is 2.21. The van der Waals surface area contributed by atoms with Crippen LogP contribution >= 0.6 is 23.4 Å². The van der Waals surface area contributed by atoms with Crippen LogP contribution in [-0.4, -0.2) is 28.6 Å². The normalized spacial score (nSPS) is 12.0. The maximum absolute atomic E-state index is 11.1. The number of hydrogen-bond donors (Lipinski definition) is 2. The van der Waals surface area contributed by atoms with E-state index in [1.54, 1.807) is 0 Å². The van der Waals surface area contributed by atoms with Crippen molar-refractivity contribution >= 4 is 34.7 Å². The zero-order valence-electron chi connectivity index (χ0n) is 12.5. The molecule has 1 unspecified atom stereocenters. The molecule has 0 aliphatic rings. The largest absolute Gasteiger partial charge is 0.390 e. The number of aryl methyl sites for hydroxylation is 1. The van der Waals surface area contributed by atoms with E-state index in [1.165, 1.54) is 23.9 Å². The van der Waals surface area contributed by atoms with Crippen LogP contribution in [0.5, 0.6) is 0 Å². The van der Waals surface area contributed by atoms with E-state index in [2.05, 4.69) is 5.32 Å². The summed E-state index contributed by atoms with van der Waals surface area (Å²) in [6.07, 6.45) is -0.705. The Kier molecular flexibility index (Phi) is 6.27. The molecule has 0 aliphatic carbocycles. The van der Waals surface area contributed by atoms with Gasteiger partial charge in [0.2, 0.25) is 0 Å². The van der Waals surface area contributed by atoms with E-state index in [-0.39, 0.29) is 18.1 Å². The topological polar surface area (TPSA) is 75.4 Å². The number of benzene rings is 2. The third kappa shape index (κ3) is 5.42. The minimum Gasteiger partial charge on any atom is -0.390 e. The Labute approximate surface area is 143 Å². The molecular formula is C16H17ClN2O3S. The van der Waals surface area contributed by atoms with E-state index in [4.69, 9.17) is 11.6 Å². The zero-order valence-corrected chi connectivity index (χ0v) is 14.1. The Morgan fingerprint density at radius 2 is 1.96 bits per heavy atom.